The molecule has 47 heavy (non-hydrogen) atoms. The minimum atomic E-state index is -4.39. The van der Waals surface area contributed by atoms with Gasteiger partial charge in [0.05, 0.1) is 38.2 Å². The standard InChI is InChI=1S/C33H37F3N6O4S/c1-41(2)29-17-23(22-6-5-7-25(16-22)33(34,35)36)9-12-28(29)40-26-10-13-32(38-19-26)47(43,44)42(31-14-15-37-21-39-31)20-24-8-11-27(45-3)18-30(24)46-4/h5-8,10-11,13-16,18-19,21,23,28-29,40H,9,12,17,20H2,1-4H3/t23-,28-,29-/m0/s1. The first kappa shape index (κ1) is 33.9. The molecule has 5 rings (SSSR count). The van der Waals surface area contributed by atoms with Crippen LogP contribution in [-0.4, -0.2) is 68.7 Å². The average Bonchev–Trinajstić information content (AvgIpc) is 3.07. The van der Waals surface area contributed by atoms with Crippen LogP contribution in [0.1, 0.15) is 41.9 Å². The lowest BCUT2D eigenvalue weighted by molar-refractivity contribution is -0.137. The van der Waals surface area contributed by atoms with Gasteiger partial charge in [-0.25, -0.2) is 19.3 Å². The first-order valence-corrected chi connectivity index (χ1v) is 16.4. The minimum absolute atomic E-state index is 0.0134. The Kier molecular flexibility index (Phi) is 10.2. The van der Waals surface area contributed by atoms with E-state index in [-0.39, 0.29) is 35.4 Å². The highest BCUT2D eigenvalue weighted by Crippen LogP contribution is 2.38. The smallest absolute Gasteiger partial charge is 0.416 e. The molecule has 0 unspecified atom stereocenters. The van der Waals surface area contributed by atoms with Gasteiger partial charge in [-0.3, -0.25) is 0 Å². The molecule has 0 bridgehead atoms. The van der Waals surface area contributed by atoms with E-state index >= 15 is 0 Å². The lowest BCUT2D eigenvalue weighted by Gasteiger charge is -2.41. The van der Waals surface area contributed by atoms with Crippen LogP contribution in [0.5, 0.6) is 11.5 Å². The zero-order valence-corrected chi connectivity index (χ0v) is 27.3. The van der Waals surface area contributed by atoms with E-state index in [1.54, 1.807) is 30.3 Å². The van der Waals surface area contributed by atoms with E-state index in [1.165, 1.54) is 57.2 Å². The predicted octanol–water partition coefficient (Wildman–Crippen LogP) is 5.98. The van der Waals surface area contributed by atoms with Gasteiger partial charge in [-0.2, -0.15) is 21.6 Å². The number of aromatic nitrogens is 3. The summed E-state index contributed by atoms with van der Waals surface area (Å²) < 4.78 is 80.0. The number of likely N-dealkylation sites (N-methyl/N-ethyl adjacent to an activating group) is 1. The number of halogens is 3. The molecule has 10 nitrogen and oxygen atoms in total. The zero-order valence-electron chi connectivity index (χ0n) is 26.5. The summed E-state index contributed by atoms with van der Waals surface area (Å²) in [5, 5.41) is 3.31. The van der Waals surface area contributed by atoms with Gasteiger partial charge in [0.2, 0.25) is 0 Å². The number of pyridine rings is 1. The molecule has 1 saturated carbocycles. The number of nitrogens with one attached hydrogen (secondary N) is 1. The van der Waals surface area contributed by atoms with Gasteiger partial charge in [0.1, 0.15) is 23.6 Å². The van der Waals surface area contributed by atoms with Gasteiger partial charge < -0.3 is 19.7 Å². The number of nitrogens with zero attached hydrogens (tertiary/aromatic N) is 5. The van der Waals surface area contributed by atoms with E-state index in [2.05, 4.69) is 25.2 Å². The van der Waals surface area contributed by atoms with Crippen LogP contribution in [-0.2, 0) is 22.7 Å². The summed E-state index contributed by atoms with van der Waals surface area (Å²) in [6, 6.07) is 15.3. The fourth-order valence-electron chi connectivity index (χ4n) is 5.96. The summed E-state index contributed by atoms with van der Waals surface area (Å²) in [6.07, 6.45) is 1.88. The van der Waals surface area contributed by atoms with Crippen molar-refractivity contribution in [2.75, 3.05) is 37.9 Å². The van der Waals surface area contributed by atoms with E-state index in [0.29, 0.717) is 47.6 Å². The number of anilines is 2. The molecule has 250 valence electrons. The first-order valence-electron chi connectivity index (χ1n) is 15.0. The van der Waals surface area contributed by atoms with E-state index in [0.717, 1.165) is 10.4 Å². The van der Waals surface area contributed by atoms with Gasteiger partial charge in [0.25, 0.3) is 10.0 Å². The molecular formula is C33H37F3N6O4S. The van der Waals surface area contributed by atoms with Gasteiger partial charge in [-0.1, -0.05) is 18.2 Å². The number of alkyl halides is 3. The molecule has 0 spiro atoms. The molecule has 2 heterocycles. The Morgan fingerprint density at radius 1 is 0.979 bits per heavy atom. The number of sulfonamides is 1. The third-order valence-electron chi connectivity index (χ3n) is 8.44. The van der Waals surface area contributed by atoms with Gasteiger partial charge in [-0.15, -0.1) is 0 Å². The van der Waals surface area contributed by atoms with Crippen LogP contribution in [0, 0.1) is 0 Å². The highest BCUT2D eigenvalue weighted by atomic mass is 32.2. The van der Waals surface area contributed by atoms with Crippen LogP contribution in [0.2, 0.25) is 0 Å². The predicted molar refractivity (Wildman–Crippen MR) is 172 cm³/mol. The molecule has 1 N–H and O–H groups in total. The molecule has 3 atom stereocenters. The number of benzene rings is 2. The lowest BCUT2D eigenvalue weighted by Crippen LogP contribution is -2.47. The molecule has 1 aliphatic rings. The maximum Gasteiger partial charge on any atom is 0.416 e. The second-order valence-electron chi connectivity index (χ2n) is 11.6. The Hall–Kier alpha value is -4.43. The average molecular weight is 671 g/mol. The fourth-order valence-corrected chi connectivity index (χ4v) is 7.28. The Morgan fingerprint density at radius 3 is 2.43 bits per heavy atom. The summed E-state index contributed by atoms with van der Waals surface area (Å²) in [7, 11) is 2.73. The molecule has 14 heteroatoms. The second-order valence-corrected chi connectivity index (χ2v) is 13.4. The van der Waals surface area contributed by atoms with Crippen molar-refractivity contribution in [1.82, 2.24) is 19.9 Å². The van der Waals surface area contributed by atoms with Crippen LogP contribution >= 0.6 is 0 Å². The first-order chi connectivity index (χ1) is 22.4. The molecule has 1 fully saturated rings. The Bertz CT molecular complexity index is 1760. The maximum atomic E-state index is 14.0. The largest absolute Gasteiger partial charge is 0.497 e. The topological polar surface area (TPSA) is 110 Å². The molecule has 0 saturated heterocycles. The summed E-state index contributed by atoms with van der Waals surface area (Å²) >= 11 is 0. The van der Waals surface area contributed by atoms with Crippen molar-refractivity contribution in [2.45, 2.75) is 55.0 Å². The van der Waals surface area contributed by atoms with Crippen molar-refractivity contribution < 1.29 is 31.1 Å². The van der Waals surface area contributed by atoms with E-state index in [9.17, 15) is 21.6 Å². The molecule has 1 aliphatic carbocycles. The van der Waals surface area contributed by atoms with Gasteiger partial charge in [0, 0.05) is 36.0 Å². The molecule has 4 aromatic rings. The van der Waals surface area contributed by atoms with Crippen molar-refractivity contribution >= 4 is 21.5 Å². The fraction of sp³-hybridized carbons (Fsp3) is 0.364. The van der Waals surface area contributed by atoms with E-state index in [1.807, 2.05) is 14.1 Å². The third kappa shape index (κ3) is 7.76. The van der Waals surface area contributed by atoms with E-state index in [4.69, 9.17) is 9.47 Å². The SMILES string of the molecule is COc1ccc(CN(c2ccncn2)S(=O)(=O)c2ccc(N[C@H]3CC[C@H](c4cccc(C(F)(F)F)c4)C[C@@H]3N(C)C)cn2)c(OC)c1. The molecular weight excluding hydrogens is 633 g/mol. The number of ether oxygens (including phenoxy) is 2. The Labute approximate surface area is 272 Å². The summed E-state index contributed by atoms with van der Waals surface area (Å²) in [5.41, 5.74) is 1.26. The highest BCUT2D eigenvalue weighted by Gasteiger charge is 2.35. The van der Waals surface area contributed by atoms with Crippen LogP contribution < -0.4 is 19.1 Å². The molecule has 0 radical (unpaired) electrons. The molecule has 0 amide bonds. The van der Waals surface area contributed by atoms with Crippen molar-refractivity contribution in [3.05, 3.63) is 96.1 Å². The van der Waals surface area contributed by atoms with Crippen molar-refractivity contribution in [3.8, 4) is 11.5 Å². The maximum absolute atomic E-state index is 14.0. The second kappa shape index (κ2) is 14.1. The molecule has 0 aliphatic heterocycles. The van der Waals surface area contributed by atoms with Gasteiger partial charge >= 0.3 is 6.18 Å². The monoisotopic (exact) mass is 670 g/mol. The summed E-state index contributed by atoms with van der Waals surface area (Å²) in [5.74, 6) is 1.15. The van der Waals surface area contributed by atoms with Gasteiger partial charge in [-0.05, 0) is 75.2 Å². The van der Waals surface area contributed by atoms with Crippen molar-refractivity contribution in [3.63, 3.8) is 0 Å². The zero-order chi connectivity index (χ0) is 33.8. The normalized spacial score (nSPS) is 18.5. The Balaban J connectivity index is 1.35. The van der Waals surface area contributed by atoms with Crippen LogP contribution in [0.15, 0.2) is 84.4 Å². The van der Waals surface area contributed by atoms with Crippen molar-refractivity contribution in [1.29, 1.82) is 0 Å². The quantitative estimate of drug-likeness (QED) is 0.206. The van der Waals surface area contributed by atoms with Crippen LogP contribution in [0.4, 0.5) is 24.7 Å². The molecule has 2 aromatic carbocycles. The number of rotatable bonds is 11. The highest BCUT2D eigenvalue weighted by molar-refractivity contribution is 7.92. The summed E-state index contributed by atoms with van der Waals surface area (Å²) in [4.78, 5) is 14.5. The van der Waals surface area contributed by atoms with E-state index < -0.39 is 21.8 Å². The van der Waals surface area contributed by atoms with Crippen LogP contribution in [0.3, 0.4) is 0 Å². The Morgan fingerprint density at radius 2 is 1.79 bits per heavy atom. The minimum Gasteiger partial charge on any atom is -0.497 e. The molecule has 2 aromatic heterocycles. The number of methoxy groups -OCH3 is 2. The lowest BCUT2D eigenvalue weighted by atomic mass is 9.78. The third-order valence-corrected chi connectivity index (χ3v) is 10.1. The number of hydrogen-bond donors (Lipinski definition) is 1. The summed E-state index contributed by atoms with van der Waals surface area (Å²) in [6.45, 7) is -0.0895. The van der Waals surface area contributed by atoms with Crippen molar-refractivity contribution in [2.24, 2.45) is 0 Å². The van der Waals surface area contributed by atoms with Crippen LogP contribution in [0.25, 0.3) is 0 Å². The van der Waals surface area contributed by atoms with Gasteiger partial charge in [0.15, 0.2) is 5.03 Å². The number of hydrogen-bond acceptors (Lipinski definition) is 9.